The Hall–Kier alpha value is -2.37. The zero-order chi connectivity index (χ0) is 15.1. The molecule has 1 heterocycles. The number of rotatable bonds is 2. The second kappa shape index (κ2) is 4.87. The lowest BCUT2D eigenvalue weighted by molar-refractivity contribution is 0.138. The molecule has 1 aromatic heterocycles. The maximum absolute atomic E-state index is 13.9. The lowest BCUT2D eigenvalue weighted by Gasteiger charge is -2.21. The van der Waals surface area contributed by atoms with Crippen molar-refractivity contribution in [3.63, 3.8) is 0 Å². The molecule has 2 aromatic rings. The molecule has 0 saturated carbocycles. The molecule has 2 N–H and O–H groups in total. The van der Waals surface area contributed by atoms with Gasteiger partial charge in [0.1, 0.15) is 11.6 Å². The summed E-state index contributed by atoms with van der Waals surface area (Å²) in [6.45, 7) is 0. The highest BCUT2D eigenvalue weighted by Gasteiger charge is 2.32. The van der Waals surface area contributed by atoms with Gasteiger partial charge in [0, 0.05) is 24.9 Å². The zero-order valence-electron chi connectivity index (χ0n) is 11.4. The molecular formula is C15H14F2N2O2. The van der Waals surface area contributed by atoms with E-state index in [2.05, 4.69) is 4.98 Å². The number of fused-ring (bicyclic) bond motifs is 1. The Labute approximate surface area is 120 Å². The number of nitrogens with zero attached hydrogens (tertiary/aromatic N) is 1. The van der Waals surface area contributed by atoms with Crippen LogP contribution < -0.4 is 0 Å². The van der Waals surface area contributed by atoms with E-state index in [-0.39, 0.29) is 6.04 Å². The van der Waals surface area contributed by atoms with Gasteiger partial charge < -0.3 is 15.0 Å². The Kier molecular flexibility index (Phi) is 3.16. The van der Waals surface area contributed by atoms with E-state index in [0.717, 1.165) is 17.2 Å². The number of carbonyl (C=O) groups is 1. The molecule has 4 nitrogen and oxygen atoms in total. The molecule has 1 aliphatic carbocycles. The number of halogens is 2. The largest absolute Gasteiger partial charge is 0.465 e. The van der Waals surface area contributed by atoms with Gasteiger partial charge in [0.15, 0.2) is 0 Å². The average molecular weight is 292 g/mol. The minimum atomic E-state index is -0.997. The van der Waals surface area contributed by atoms with Crippen LogP contribution in [0, 0.1) is 11.6 Å². The van der Waals surface area contributed by atoms with Gasteiger partial charge in [-0.2, -0.15) is 0 Å². The van der Waals surface area contributed by atoms with Crippen molar-refractivity contribution >= 4 is 6.09 Å². The Morgan fingerprint density at radius 1 is 1.43 bits per heavy atom. The molecule has 0 bridgehead atoms. The van der Waals surface area contributed by atoms with Gasteiger partial charge in [0.25, 0.3) is 0 Å². The van der Waals surface area contributed by atoms with Crippen molar-refractivity contribution in [2.24, 2.45) is 0 Å². The van der Waals surface area contributed by atoms with Gasteiger partial charge in [0.2, 0.25) is 0 Å². The van der Waals surface area contributed by atoms with Crippen LogP contribution in [0.4, 0.5) is 13.6 Å². The topological polar surface area (TPSA) is 56.3 Å². The zero-order valence-corrected chi connectivity index (χ0v) is 11.4. The van der Waals surface area contributed by atoms with Crippen LogP contribution >= 0.6 is 0 Å². The Balaban J connectivity index is 2.02. The molecule has 110 valence electrons. The number of carboxylic acid groups (broad SMARTS) is 1. The Morgan fingerprint density at radius 2 is 2.19 bits per heavy atom. The van der Waals surface area contributed by atoms with Gasteiger partial charge in [-0.25, -0.2) is 13.6 Å². The molecular weight excluding hydrogens is 278 g/mol. The summed E-state index contributed by atoms with van der Waals surface area (Å²) in [5.41, 5.74) is 2.66. The van der Waals surface area contributed by atoms with Gasteiger partial charge >= 0.3 is 6.09 Å². The van der Waals surface area contributed by atoms with Crippen LogP contribution in [0.5, 0.6) is 0 Å². The Bertz CT molecular complexity index is 712. The van der Waals surface area contributed by atoms with Crippen molar-refractivity contribution in [1.29, 1.82) is 0 Å². The molecule has 1 atom stereocenters. The van der Waals surface area contributed by atoms with Crippen molar-refractivity contribution < 1.29 is 18.7 Å². The van der Waals surface area contributed by atoms with Gasteiger partial charge in [0.05, 0.1) is 11.7 Å². The van der Waals surface area contributed by atoms with E-state index in [9.17, 15) is 13.6 Å². The van der Waals surface area contributed by atoms with Crippen LogP contribution in [0.2, 0.25) is 0 Å². The van der Waals surface area contributed by atoms with E-state index < -0.39 is 17.7 Å². The Morgan fingerprint density at radius 3 is 2.86 bits per heavy atom. The first-order valence-electron chi connectivity index (χ1n) is 6.60. The van der Waals surface area contributed by atoms with E-state index >= 15 is 0 Å². The summed E-state index contributed by atoms with van der Waals surface area (Å²) in [7, 11) is 1.52. The summed E-state index contributed by atoms with van der Waals surface area (Å²) in [4.78, 5) is 15.3. The van der Waals surface area contributed by atoms with Crippen LogP contribution in [0.25, 0.3) is 11.3 Å². The van der Waals surface area contributed by atoms with Gasteiger partial charge in [-0.1, -0.05) is 0 Å². The fourth-order valence-electron chi connectivity index (χ4n) is 2.94. The lowest BCUT2D eigenvalue weighted by Crippen LogP contribution is -2.28. The highest BCUT2D eigenvalue weighted by Crippen LogP contribution is 2.40. The summed E-state index contributed by atoms with van der Waals surface area (Å²) in [5.74, 6) is -1.25. The molecule has 21 heavy (non-hydrogen) atoms. The first-order valence-corrected chi connectivity index (χ1v) is 6.60. The molecule has 1 aromatic carbocycles. The summed E-state index contributed by atoms with van der Waals surface area (Å²) >= 11 is 0. The quantitative estimate of drug-likeness (QED) is 0.889. The highest BCUT2D eigenvalue weighted by molar-refractivity contribution is 5.69. The first-order chi connectivity index (χ1) is 9.99. The number of hydrogen-bond donors (Lipinski definition) is 2. The summed E-state index contributed by atoms with van der Waals surface area (Å²) in [6, 6.07) is 3.22. The normalized spacial score (nSPS) is 16.8. The minimum absolute atomic E-state index is 0.231. The molecule has 3 rings (SSSR count). The highest BCUT2D eigenvalue weighted by atomic mass is 19.1. The predicted octanol–water partition coefficient (Wildman–Crippen LogP) is 3.56. The standard InChI is InChI=1S/C15H14F2N2O2/c1-19(15(20)21)13-5-4-9-11(13)7-18-14(9)10-3-2-8(16)6-12(10)17/h2-3,6-7,13,18H,4-5H2,1H3,(H,20,21). The van der Waals surface area contributed by atoms with Crippen molar-refractivity contribution in [3.05, 3.63) is 47.2 Å². The van der Waals surface area contributed by atoms with Crippen LogP contribution in [0.3, 0.4) is 0 Å². The smallest absolute Gasteiger partial charge is 0.407 e. The minimum Gasteiger partial charge on any atom is -0.465 e. The predicted molar refractivity (Wildman–Crippen MR) is 73.0 cm³/mol. The van der Waals surface area contributed by atoms with Crippen molar-refractivity contribution in [2.75, 3.05) is 7.05 Å². The van der Waals surface area contributed by atoms with Crippen molar-refractivity contribution in [1.82, 2.24) is 9.88 Å². The third-order valence-corrected chi connectivity index (χ3v) is 4.02. The second-order valence-electron chi connectivity index (χ2n) is 5.17. The van der Waals surface area contributed by atoms with E-state index in [4.69, 9.17) is 5.11 Å². The lowest BCUT2D eigenvalue weighted by atomic mass is 10.1. The summed E-state index contributed by atoms with van der Waals surface area (Å²) in [5, 5.41) is 9.08. The molecule has 0 radical (unpaired) electrons. The number of nitrogens with one attached hydrogen (secondary N) is 1. The third-order valence-electron chi connectivity index (χ3n) is 4.02. The van der Waals surface area contributed by atoms with E-state index in [1.807, 2.05) is 0 Å². The number of aromatic nitrogens is 1. The molecule has 1 amide bonds. The van der Waals surface area contributed by atoms with E-state index in [1.54, 1.807) is 6.20 Å². The van der Waals surface area contributed by atoms with E-state index in [1.165, 1.54) is 24.1 Å². The number of H-pyrrole nitrogens is 1. The molecule has 1 aliphatic rings. The summed E-state index contributed by atoms with van der Waals surface area (Å²) < 4.78 is 26.9. The second-order valence-corrected chi connectivity index (χ2v) is 5.17. The van der Waals surface area contributed by atoms with Gasteiger partial charge in [-0.3, -0.25) is 0 Å². The maximum Gasteiger partial charge on any atom is 0.407 e. The summed E-state index contributed by atoms with van der Waals surface area (Å²) in [6.07, 6.45) is 2.04. The van der Waals surface area contributed by atoms with Crippen LogP contribution in [-0.2, 0) is 6.42 Å². The monoisotopic (exact) mass is 292 g/mol. The number of amides is 1. The van der Waals surface area contributed by atoms with Gasteiger partial charge in [-0.15, -0.1) is 0 Å². The number of benzene rings is 1. The molecule has 1 unspecified atom stereocenters. The van der Waals surface area contributed by atoms with Crippen LogP contribution in [0.1, 0.15) is 23.6 Å². The fourth-order valence-corrected chi connectivity index (χ4v) is 2.94. The fraction of sp³-hybridized carbons (Fsp3) is 0.267. The number of aromatic amines is 1. The molecule has 0 aliphatic heterocycles. The van der Waals surface area contributed by atoms with Crippen LogP contribution in [0.15, 0.2) is 24.4 Å². The SMILES string of the molecule is CN(C(=O)O)C1CCc2c1c[nH]c2-c1ccc(F)cc1F. The van der Waals surface area contributed by atoms with Crippen molar-refractivity contribution in [2.45, 2.75) is 18.9 Å². The molecule has 0 fully saturated rings. The van der Waals surface area contributed by atoms with Gasteiger partial charge in [-0.05, 0) is 36.1 Å². The molecule has 6 heteroatoms. The van der Waals surface area contributed by atoms with Crippen molar-refractivity contribution in [3.8, 4) is 11.3 Å². The van der Waals surface area contributed by atoms with E-state index in [0.29, 0.717) is 24.1 Å². The first kappa shape index (κ1) is 13.6. The van der Waals surface area contributed by atoms with Crippen LogP contribution in [-0.4, -0.2) is 28.1 Å². The molecule has 0 spiro atoms. The number of hydrogen-bond acceptors (Lipinski definition) is 1. The maximum atomic E-state index is 13.9. The third kappa shape index (κ3) is 2.16. The average Bonchev–Trinajstić information content (AvgIpc) is 2.99. The molecule has 0 saturated heterocycles.